The van der Waals surface area contributed by atoms with Crippen LogP contribution in [0.2, 0.25) is 5.02 Å². The second-order valence-corrected chi connectivity index (χ2v) is 7.14. The summed E-state index contributed by atoms with van der Waals surface area (Å²) in [6.07, 6.45) is 0. The third-order valence-corrected chi connectivity index (χ3v) is 4.76. The molecule has 0 saturated heterocycles. The van der Waals surface area contributed by atoms with Crippen LogP contribution in [0.5, 0.6) is 17.2 Å². The minimum Gasteiger partial charge on any atom is -0.495 e. The fraction of sp³-hybridized carbons (Fsp3) is 0.208. The summed E-state index contributed by atoms with van der Waals surface area (Å²) in [6, 6.07) is 17.9. The van der Waals surface area contributed by atoms with Crippen LogP contribution >= 0.6 is 11.6 Å². The molecule has 0 saturated carbocycles. The predicted molar refractivity (Wildman–Crippen MR) is 121 cm³/mol. The number of carboxylic acid groups (broad SMARTS) is 1. The van der Waals surface area contributed by atoms with Crippen LogP contribution < -0.4 is 19.5 Å². The topological polar surface area (TPSA) is 77.0 Å². The molecule has 6 nitrogen and oxygen atoms in total. The molecular weight excluding hydrogens is 418 g/mol. The molecular formula is C24H24ClNO5. The van der Waals surface area contributed by atoms with Crippen LogP contribution in [0.25, 0.3) is 0 Å². The Morgan fingerprint density at radius 1 is 0.968 bits per heavy atom. The van der Waals surface area contributed by atoms with Crippen LogP contribution in [-0.2, 0) is 13.2 Å². The summed E-state index contributed by atoms with van der Waals surface area (Å²) in [7, 11) is 1.54. The first-order valence-corrected chi connectivity index (χ1v) is 10.2. The van der Waals surface area contributed by atoms with E-state index in [1.165, 1.54) is 6.07 Å². The van der Waals surface area contributed by atoms with Crippen LogP contribution in [0.15, 0.2) is 60.7 Å². The highest BCUT2D eigenvalue weighted by Gasteiger charge is 2.11. The van der Waals surface area contributed by atoms with E-state index in [0.717, 1.165) is 11.1 Å². The van der Waals surface area contributed by atoms with Crippen molar-refractivity contribution in [2.24, 2.45) is 0 Å². The number of aromatic carboxylic acids is 1. The molecule has 2 N–H and O–H groups in total. The molecule has 3 rings (SSSR count). The van der Waals surface area contributed by atoms with Gasteiger partial charge in [-0.1, -0.05) is 29.8 Å². The lowest BCUT2D eigenvalue weighted by Crippen LogP contribution is -2.05. The van der Waals surface area contributed by atoms with E-state index in [4.69, 9.17) is 25.8 Å². The van der Waals surface area contributed by atoms with Gasteiger partial charge in [0.25, 0.3) is 0 Å². The van der Waals surface area contributed by atoms with Gasteiger partial charge in [0.05, 0.1) is 25.0 Å². The third kappa shape index (κ3) is 6.06. The number of carboxylic acids is 1. The molecule has 3 aromatic rings. The zero-order valence-corrected chi connectivity index (χ0v) is 18.1. The van der Waals surface area contributed by atoms with Crippen molar-refractivity contribution in [3.05, 3.63) is 82.4 Å². The quantitative estimate of drug-likeness (QED) is 0.424. The van der Waals surface area contributed by atoms with Crippen molar-refractivity contribution in [2.45, 2.75) is 20.1 Å². The summed E-state index contributed by atoms with van der Waals surface area (Å²) in [5.41, 5.74) is 2.69. The van der Waals surface area contributed by atoms with Crippen LogP contribution in [0, 0.1) is 0 Å². The maximum atomic E-state index is 11.3. The first-order chi connectivity index (χ1) is 15.0. The highest BCUT2D eigenvalue weighted by Crippen LogP contribution is 2.31. The number of rotatable bonds is 10. The lowest BCUT2D eigenvalue weighted by atomic mass is 10.1. The first-order valence-electron chi connectivity index (χ1n) is 9.78. The van der Waals surface area contributed by atoms with Crippen LogP contribution in [0.1, 0.15) is 28.4 Å². The minimum atomic E-state index is -0.995. The van der Waals surface area contributed by atoms with Gasteiger partial charge >= 0.3 is 5.97 Å². The van der Waals surface area contributed by atoms with Crippen LogP contribution in [0.3, 0.4) is 0 Å². The molecule has 0 aliphatic carbocycles. The largest absolute Gasteiger partial charge is 0.495 e. The highest BCUT2D eigenvalue weighted by molar-refractivity contribution is 6.30. The zero-order chi connectivity index (χ0) is 22.2. The number of anilines is 1. The number of halogens is 1. The molecule has 31 heavy (non-hydrogen) atoms. The molecule has 0 spiro atoms. The SMILES string of the molecule is CCOc1cc(CNc2cc(C(=O)O)ccc2OC)ccc1OCc1cccc(Cl)c1. The molecule has 0 aliphatic heterocycles. The summed E-state index contributed by atoms with van der Waals surface area (Å²) in [6.45, 7) is 3.23. The maximum Gasteiger partial charge on any atom is 0.335 e. The number of nitrogens with one attached hydrogen (secondary N) is 1. The van der Waals surface area contributed by atoms with Gasteiger partial charge in [-0.3, -0.25) is 0 Å². The normalized spacial score (nSPS) is 10.4. The van der Waals surface area contributed by atoms with Crippen LogP contribution in [0.4, 0.5) is 5.69 Å². The van der Waals surface area contributed by atoms with E-state index in [9.17, 15) is 9.90 Å². The molecule has 7 heteroatoms. The van der Waals surface area contributed by atoms with E-state index in [1.54, 1.807) is 19.2 Å². The van der Waals surface area contributed by atoms with E-state index in [1.807, 2.05) is 49.4 Å². The lowest BCUT2D eigenvalue weighted by Gasteiger charge is -2.15. The maximum absolute atomic E-state index is 11.3. The molecule has 0 unspecified atom stereocenters. The van der Waals surface area contributed by atoms with E-state index in [0.29, 0.717) is 47.7 Å². The van der Waals surface area contributed by atoms with Gasteiger partial charge in [0.2, 0.25) is 0 Å². The smallest absolute Gasteiger partial charge is 0.335 e. The number of hydrogen-bond acceptors (Lipinski definition) is 5. The molecule has 0 aromatic heterocycles. The fourth-order valence-corrected chi connectivity index (χ4v) is 3.23. The van der Waals surface area contributed by atoms with Gasteiger partial charge in [-0.2, -0.15) is 0 Å². The Hall–Kier alpha value is -3.38. The molecule has 0 atom stereocenters. The standard InChI is InChI=1S/C24H24ClNO5/c1-3-30-23-12-16(7-9-22(23)31-15-17-5-4-6-19(25)11-17)14-26-20-13-18(24(27)28)8-10-21(20)29-2/h4-13,26H,3,14-15H2,1-2H3,(H,27,28). The van der Waals surface area contributed by atoms with Gasteiger partial charge in [-0.25, -0.2) is 4.79 Å². The summed E-state index contributed by atoms with van der Waals surface area (Å²) in [5, 5.41) is 13.1. The third-order valence-electron chi connectivity index (χ3n) is 4.52. The van der Waals surface area contributed by atoms with Gasteiger partial charge < -0.3 is 24.6 Å². The molecule has 0 amide bonds. The average Bonchev–Trinajstić information content (AvgIpc) is 2.77. The Morgan fingerprint density at radius 2 is 1.77 bits per heavy atom. The molecule has 0 bridgehead atoms. The van der Waals surface area contributed by atoms with Crippen molar-refractivity contribution in [1.29, 1.82) is 0 Å². The summed E-state index contributed by atoms with van der Waals surface area (Å²) in [5.74, 6) is 0.841. The van der Waals surface area contributed by atoms with E-state index >= 15 is 0 Å². The summed E-state index contributed by atoms with van der Waals surface area (Å²) >= 11 is 6.03. The number of benzene rings is 3. The Bertz CT molecular complexity index is 1050. The first kappa shape index (κ1) is 22.3. The number of methoxy groups -OCH3 is 1. The number of carbonyl (C=O) groups is 1. The Morgan fingerprint density at radius 3 is 2.48 bits per heavy atom. The fourth-order valence-electron chi connectivity index (χ4n) is 3.01. The van der Waals surface area contributed by atoms with Crippen LogP contribution in [-0.4, -0.2) is 24.8 Å². The number of hydrogen-bond donors (Lipinski definition) is 2. The Balaban J connectivity index is 1.73. The molecule has 0 heterocycles. The lowest BCUT2D eigenvalue weighted by molar-refractivity contribution is 0.0697. The average molecular weight is 442 g/mol. The van der Waals surface area contributed by atoms with Crippen molar-refractivity contribution in [1.82, 2.24) is 0 Å². The Kier molecular flexibility index (Phi) is 7.62. The van der Waals surface area contributed by atoms with Gasteiger partial charge in [0, 0.05) is 11.6 Å². The van der Waals surface area contributed by atoms with Gasteiger partial charge in [0.15, 0.2) is 11.5 Å². The number of ether oxygens (including phenoxy) is 3. The van der Waals surface area contributed by atoms with E-state index in [2.05, 4.69) is 5.32 Å². The predicted octanol–water partition coefficient (Wildman–Crippen LogP) is 5.64. The van der Waals surface area contributed by atoms with Crippen molar-refractivity contribution in [3.63, 3.8) is 0 Å². The van der Waals surface area contributed by atoms with Crippen molar-refractivity contribution in [2.75, 3.05) is 19.0 Å². The van der Waals surface area contributed by atoms with Gasteiger partial charge in [0.1, 0.15) is 12.4 Å². The molecule has 0 aliphatic rings. The van der Waals surface area contributed by atoms with E-state index < -0.39 is 5.97 Å². The molecule has 3 aromatic carbocycles. The zero-order valence-electron chi connectivity index (χ0n) is 17.4. The van der Waals surface area contributed by atoms with E-state index in [-0.39, 0.29) is 5.56 Å². The van der Waals surface area contributed by atoms with Crippen molar-refractivity contribution < 1.29 is 24.1 Å². The van der Waals surface area contributed by atoms with Crippen molar-refractivity contribution in [3.8, 4) is 17.2 Å². The second kappa shape index (κ2) is 10.6. The summed E-state index contributed by atoms with van der Waals surface area (Å²) < 4.78 is 17.0. The minimum absolute atomic E-state index is 0.183. The molecule has 0 radical (unpaired) electrons. The molecule has 162 valence electrons. The van der Waals surface area contributed by atoms with Crippen molar-refractivity contribution >= 4 is 23.3 Å². The Labute approximate surface area is 186 Å². The second-order valence-electron chi connectivity index (χ2n) is 6.71. The molecule has 0 fully saturated rings. The van der Waals surface area contributed by atoms with Gasteiger partial charge in [-0.15, -0.1) is 0 Å². The summed E-state index contributed by atoms with van der Waals surface area (Å²) in [4.78, 5) is 11.3. The van der Waals surface area contributed by atoms with Gasteiger partial charge in [-0.05, 0) is 60.5 Å². The monoisotopic (exact) mass is 441 g/mol. The highest BCUT2D eigenvalue weighted by atomic mass is 35.5.